The monoisotopic (exact) mass is 274 g/mol. The average molecular weight is 275 g/mol. The molecule has 0 aromatic carbocycles. The highest BCUT2D eigenvalue weighted by Gasteiger charge is 2.01. The fourth-order valence-corrected chi connectivity index (χ4v) is 2.74. The van der Waals surface area contributed by atoms with Crippen LogP contribution in [0.25, 0.3) is 0 Å². The Kier molecular flexibility index (Phi) is 2.66. The lowest BCUT2D eigenvalue weighted by atomic mass is 10.4. The van der Waals surface area contributed by atoms with Crippen molar-refractivity contribution in [1.29, 1.82) is 0 Å². The van der Waals surface area contributed by atoms with Crippen molar-refractivity contribution in [2.45, 2.75) is 6.54 Å². The van der Waals surface area contributed by atoms with Gasteiger partial charge in [-0.25, -0.2) is 0 Å². The summed E-state index contributed by atoms with van der Waals surface area (Å²) in [6, 6.07) is 2.05. The van der Waals surface area contributed by atoms with Crippen molar-refractivity contribution in [3.05, 3.63) is 38.0 Å². The van der Waals surface area contributed by atoms with Crippen molar-refractivity contribution in [1.82, 2.24) is 9.55 Å². The predicted molar refractivity (Wildman–Crippen MR) is 60.7 cm³/mol. The van der Waals surface area contributed by atoms with Crippen LogP contribution in [0, 0.1) is 4.77 Å². The Labute approximate surface area is 93.4 Å². The third-order valence-corrected chi connectivity index (χ3v) is 3.99. The molecule has 2 aromatic rings. The first kappa shape index (κ1) is 9.18. The van der Waals surface area contributed by atoms with Gasteiger partial charge in [0, 0.05) is 21.7 Å². The van der Waals surface area contributed by atoms with Crippen LogP contribution in [-0.4, -0.2) is 9.55 Å². The van der Waals surface area contributed by atoms with Gasteiger partial charge in [-0.05, 0) is 39.6 Å². The zero-order valence-corrected chi connectivity index (χ0v) is 9.88. The van der Waals surface area contributed by atoms with E-state index in [4.69, 9.17) is 12.2 Å². The highest BCUT2D eigenvalue weighted by Crippen LogP contribution is 2.23. The number of rotatable bonds is 2. The Morgan fingerprint density at radius 1 is 1.62 bits per heavy atom. The molecule has 0 spiro atoms. The lowest BCUT2D eigenvalue weighted by Crippen LogP contribution is -1.96. The maximum absolute atomic E-state index is 5.10. The number of nitrogens with zero attached hydrogens (tertiary/aromatic N) is 1. The maximum Gasteiger partial charge on any atom is 0.177 e. The van der Waals surface area contributed by atoms with Gasteiger partial charge >= 0.3 is 0 Å². The third-order valence-electron chi connectivity index (χ3n) is 1.73. The summed E-state index contributed by atoms with van der Waals surface area (Å²) < 4.78 is 3.92. The number of hydrogen-bond acceptors (Lipinski definition) is 2. The van der Waals surface area contributed by atoms with Crippen LogP contribution >= 0.6 is 39.5 Å². The minimum Gasteiger partial charge on any atom is -0.337 e. The highest BCUT2D eigenvalue weighted by atomic mass is 79.9. The number of halogens is 1. The van der Waals surface area contributed by atoms with E-state index < -0.39 is 0 Å². The Bertz CT molecular complexity index is 454. The van der Waals surface area contributed by atoms with Gasteiger partial charge < -0.3 is 9.55 Å². The van der Waals surface area contributed by atoms with Gasteiger partial charge in [-0.1, -0.05) is 0 Å². The zero-order valence-electron chi connectivity index (χ0n) is 6.66. The van der Waals surface area contributed by atoms with Gasteiger partial charge in [0.25, 0.3) is 0 Å². The van der Waals surface area contributed by atoms with Crippen LogP contribution in [-0.2, 0) is 6.54 Å². The number of nitrogens with one attached hydrogen (secondary N) is 1. The molecule has 0 unspecified atom stereocenters. The summed E-state index contributed by atoms with van der Waals surface area (Å²) >= 11 is 10.3. The van der Waals surface area contributed by atoms with Crippen molar-refractivity contribution in [2.24, 2.45) is 0 Å². The lowest BCUT2D eigenvalue weighted by Gasteiger charge is -1.99. The van der Waals surface area contributed by atoms with Crippen LogP contribution < -0.4 is 0 Å². The van der Waals surface area contributed by atoms with Gasteiger partial charge in [-0.2, -0.15) is 0 Å². The fourth-order valence-electron chi connectivity index (χ4n) is 1.07. The second kappa shape index (κ2) is 3.77. The fraction of sp³-hybridized carbons (Fsp3) is 0.125. The summed E-state index contributed by atoms with van der Waals surface area (Å²) in [5, 5.41) is 2.07. The first-order valence-corrected chi connectivity index (χ1v) is 5.81. The SMILES string of the molecule is S=c1[nH]ccn1Cc1sccc1Br. The number of imidazole rings is 1. The van der Waals surface area contributed by atoms with Crippen molar-refractivity contribution < 1.29 is 0 Å². The summed E-state index contributed by atoms with van der Waals surface area (Å²) in [6.07, 6.45) is 3.80. The molecular weight excluding hydrogens is 268 g/mol. The number of aromatic nitrogens is 2. The quantitative estimate of drug-likeness (QED) is 0.833. The molecule has 0 aliphatic heterocycles. The van der Waals surface area contributed by atoms with E-state index in [0.29, 0.717) is 0 Å². The molecule has 0 amide bonds. The smallest absolute Gasteiger partial charge is 0.177 e. The molecule has 13 heavy (non-hydrogen) atoms. The van der Waals surface area contributed by atoms with Crippen molar-refractivity contribution in [3.8, 4) is 0 Å². The van der Waals surface area contributed by atoms with Crippen molar-refractivity contribution >= 4 is 39.5 Å². The predicted octanol–water partition coefficient (Wildman–Crippen LogP) is 3.42. The van der Waals surface area contributed by atoms with E-state index in [1.807, 2.05) is 17.0 Å². The van der Waals surface area contributed by atoms with Gasteiger partial charge in [0.1, 0.15) is 0 Å². The van der Waals surface area contributed by atoms with Gasteiger partial charge in [-0.15, -0.1) is 11.3 Å². The number of hydrogen-bond donors (Lipinski definition) is 1. The first-order valence-electron chi connectivity index (χ1n) is 3.73. The topological polar surface area (TPSA) is 20.7 Å². The van der Waals surface area contributed by atoms with E-state index in [-0.39, 0.29) is 0 Å². The van der Waals surface area contributed by atoms with Crippen LogP contribution in [0.1, 0.15) is 4.88 Å². The summed E-state index contributed by atoms with van der Waals surface area (Å²) in [5.74, 6) is 0. The van der Waals surface area contributed by atoms with E-state index in [0.717, 1.165) is 15.8 Å². The molecule has 68 valence electrons. The minimum atomic E-state index is 0.764. The first-order chi connectivity index (χ1) is 6.27. The molecule has 0 saturated carbocycles. The molecule has 0 saturated heterocycles. The third kappa shape index (κ3) is 1.92. The van der Waals surface area contributed by atoms with Crippen LogP contribution in [0.3, 0.4) is 0 Å². The summed E-state index contributed by atoms with van der Waals surface area (Å²) in [6.45, 7) is 0.834. The second-order valence-corrected chi connectivity index (χ2v) is 4.83. The lowest BCUT2D eigenvalue weighted by molar-refractivity contribution is 0.793. The Morgan fingerprint density at radius 2 is 2.46 bits per heavy atom. The molecule has 0 aliphatic carbocycles. The van der Waals surface area contributed by atoms with Crippen LogP contribution in [0.4, 0.5) is 0 Å². The molecule has 0 fully saturated rings. The largest absolute Gasteiger partial charge is 0.337 e. The number of aromatic amines is 1. The standard InChI is InChI=1S/C8H7BrN2S2/c9-6-1-4-13-7(6)5-11-3-2-10-8(11)12/h1-4H,5H2,(H,10,12). The van der Waals surface area contributed by atoms with Crippen LogP contribution in [0.15, 0.2) is 28.3 Å². The average Bonchev–Trinajstić information content (AvgIpc) is 2.65. The Morgan fingerprint density at radius 3 is 3.00 bits per heavy atom. The Balaban J connectivity index is 2.29. The highest BCUT2D eigenvalue weighted by molar-refractivity contribution is 9.10. The molecule has 0 bridgehead atoms. The van der Waals surface area contributed by atoms with E-state index in [2.05, 4.69) is 32.4 Å². The van der Waals surface area contributed by atoms with Crippen molar-refractivity contribution in [3.63, 3.8) is 0 Å². The molecule has 2 nitrogen and oxygen atoms in total. The molecule has 1 N–H and O–H groups in total. The summed E-state index contributed by atoms with van der Waals surface area (Å²) in [4.78, 5) is 4.26. The molecule has 0 atom stereocenters. The molecule has 0 aliphatic rings. The molecule has 2 rings (SSSR count). The van der Waals surface area contributed by atoms with Gasteiger partial charge in [0.15, 0.2) is 4.77 Å². The Hall–Kier alpha value is -0.390. The van der Waals surface area contributed by atoms with Gasteiger partial charge in [-0.3, -0.25) is 0 Å². The van der Waals surface area contributed by atoms with E-state index in [1.54, 1.807) is 11.3 Å². The van der Waals surface area contributed by atoms with Gasteiger partial charge in [0.05, 0.1) is 6.54 Å². The van der Waals surface area contributed by atoms with Crippen LogP contribution in [0.2, 0.25) is 0 Å². The van der Waals surface area contributed by atoms with E-state index in [1.165, 1.54) is 4.88 Å². The van der Waals surface area contributed by atoms with E-state index in [9.17, 15) is 0 Å². The minimum absolute atomic E-state index is 0.764. The number of thiophene rings is 1. The molecule has 5 heteroatoms. The molecular formula is C8H7BrN2S2. The molecule has 2 aromatic heterocycles. The zero-order chi connectivity index (χ0) is 9.26. The van der Waals surface area contributed by atoms with Crippen LogP contribution in [0.5, 0.6) is 0 Å². The second-order valence-electron chi connectivity index (χ2n) is 2.58. The maximum atomic E-state index is 5.10. The number of H-pyrrole nitrogens is 1. The molecule has 0 radical (unpaired) electrons. The van der Waals surface area contributed by atoms with Gasteiger partial charge in [0.2, 0.25) is 0 Å². The summed E-state index contributed by atoms with van der Waals surface area (Å²) in [7, 11) is 0. The van der Waals surface area contributed by atoms with Crippen molar-refractivity contribution in [2.75, 3.05) is 0 Å². The van der Waals surface area contributed by atoms with E-state index >= 15 is 0 Å². The normalized spacial score (nSPS) is 10.5. The molecule has 2 heterocycles. The summed E-state index contributed by atoms with van der Waals surface area (Å²) in [5.41, 5.74) is 0.